The second-order valence-electron chi connectivity index (χ2n) is 5.36. The Morgan fingerprint density at radius 1 is 1.62 bits per heavy atom. The Bertz CT molecular complexity index is 800. The summed E-state index contributed by atoms with van der Waals surface area (Å²) >= 11 is 5.77. The number of hydrogen-bond acceptors (Lipinski definition) is 8. The van der Waals surface area contributed by atoms with Gasteiger partial charge < -0.3 is 24.6 Å². The first-order valence-corrected chi connectivity index (χ1v) is 9.23. The predicted octanol–water partition coefficient (Wildman–Crippen LogP) is 1.33. The van der Waals surface area contributed by atoms with Gasteiger partial charge >= 0.3 is 13.3 Å². The van der Waals surface area contributed by atoms with Crippen LogP contribution in [0.4, 0.5) is 14.6 Å². The lowest BCUT2D eigenvalue weighted by atomic mass is 9.98. The number of aliphatic hydroxyl groups excluding tert-OH is 1. The molecule has 0 radical (unpaired) electrons. The summed E-state index contributed by atoms with van der Waals surface area (Å²) in [7, 11) is -2.43. The van der Waals surface area contributed by atoms with Crippen molar-refractivity contribution in [3.05, 3.63) is 34.4 Å². The zero-order valence-corrected chi connectivity index (χ0v) is 15.4. The highest BCUT2D eigenvalue weighted by Crippen LogP contribution is 2.57. The molecule has 0 aliphatic carbocycles. The number of nitrogens with zero attached hydrogens (tertiary/aromatic N) is 2. The van der Waals surface area contributed by atoms with Crippen LogP contribution >= 0.6 is 19.2 Å². The van der Waals surface area contributed by atoms with Crippen LogP contribution in [-0.2, 0) is 18.3 Å². The van der Waals surface area contributed by atoms with Crippen molar-refractivity contribution in [3.63, 3.8) is 0 Å². The van der Waals surface area contributed by atoms with Crippen LogP contribution in [0.3, 0.4) is 0 Å². The minimum absolute atomic E-state index is 0.101. The van der Waals surface area contributed by atoms with E-state index in [0.29, 0.717) is 6.08 Å². The van der Waals surface area contributed by atoms with Gasteiger partial charge in [-0.05, 0) is 12.1 Å². The number of nitrogens with two attached hydrogens (primary N) is 1. The number of alkyl halides is 2. The van der Waals surface area contributed by atoms with E-state index in [1.165, 1.54) is 6.07 Å². The van der Waals surface area contributed by atoms with Crippen LogP contribution in [0, 0.1) is 0 Å². The monoisotopic (exact) mass is 415 g/mol. The number of anilines is 1. The van der Waals surface area contributed by atoms with Crippen molar-refractivity contribution in [2.45, 2.75) is 24.1 Å². The fourth-order valence-electron chi connectivity index (χ4n) is 2.41. The third-order valence-electron chi connectivity index (χ3n) is 3.86. The Morgan fingerprint density at radius 2 is 2.23 bits per heavy atom. The first-order valence-electron chi connectivity index (χ1n) is 7.15. The highest BCUT2D eigenvalue weighted by Gasteiger charge is 2.56. The highest BCUT2D eigenvalue weighted by molar-refractivity contribution is 7.58. The molecule has 13 heteroatoms. The topological polar surface area (TPSA) is 126 Å². The van der Waals surface area contributed by atoms with Crippen LogP contribution in [0.1, 0.15) is 6.23 Å². The molecule has 1 fully saturated rings. The van der Waals surface area contributed by atoms with E-state index in [-0.39, 0.29) is 5.82 Å². The van der Waals surface area contributed by atoms with Gasteiger partial charge in [-0.25, -0.2) is 9.18 Å². The minimum atomic E-state index is -4.31. The lowest BCUT2D eigenvalue weighted by Gasteiger charge is -2.26. The molecule has 1 aromatic heterocycles. The molecule has 4 atom stereocenters. The van der Waals surface area contributed by atoms with Crippen molar-refractivity contribution in [1.29, 1.82) is 0 Å². The van der Waals surface area contributed by atoms with Crippen LogP contribution in [0.2, 0.25) is 0 Å². The van der Waals surface area contributed by atoms with E-state index in [1.807, 2.05) is 0 Å². The van der Waals surface area contributed by atoms with Crippen molar-refractivity contribution in [2.24, 2.45) is 0 Å². The summed E-state index contributed by atoms with van der Waals surface area (Å²) in [5.74, 6) is -0.723. The predicted molar refractivity (Wildman–Crippen MR) is 88.2 cm³/mol. The normalized spacial score (nSPS) is 29.9. The number of rotatable bonds is 6. The molecule has 26 heavy (non-hydrogen) atoms. The summed E-state index contributed by atoms with van der Waals surface area (Å²) in [6, 6.07) is 1.21. The van der Waals surface area contributed by atoms with Gasteiger partial charge in [0.2, 0.25) is 5.57 Å². The average Bonchev–Trinajstić information content (AvgIpc) is 2.86. The molecule has 1 aliphatic heterocycles. The van der Waals surface area contributed by atoms with Crippen LogP contribution < -0.4 is 11.4 Å². The van der Waals surface area contributed by atoms with Crippen molar-refractivity contribution in [1.82, 2.24) is 9.55 Å². The number of hydrogen-bond donors (Lipinski definition) is 2. The van der Waals surface area contributed by atoms with Gasteiger partial charge in [-0.2, -0.15) is 9.37 Å². The molecule has 3 N–H and O–H groups in total. The quantitative estimate of drug-likeness (QED) is 0.526. The third kappa shape index (κ3) is 3.55. The molecule has 0 aromatic carbocycles. The molecule has 0 spiro atoms. The van der Waals surface area contributed by atoms with Crippen LogP contribution in [0.15, 0.2) is 28.7 Å². The van der Waals surface area contributed by atoms with E-state index in [1.54, 1.807) is 0 Å². The first kappa shape index (κ1) is 20.9. The number of ether oxygens (including phenoxy) is 1. The van der Waals surface area contributed by atoms with E-state index in [4.69, 9.17) is 22.1 Å². The minimum Gasteiger partial charge on any atom is -0.386 e. The lowest BCUT2D eigenvalue weighted by Crippen LogP contribution is -2.42. The molecule has 1 aromatic rings. The Kier molecular flexibility index (Phi) is 6.21. The van der Waals surface area contributed by atoms with E-state index in [0.717, 1.165) is 25.0 Å². The third-order valence-corrected chi connectivity index (χ3v) is 5.89. The Morgan fingerprint density at radius 3 is 2.73 bits per heavy atom. The molecule has 0 saturated carbocycles. The molecule has 1 unspecified atom stereocenters. The van der Waals surface area contributed by atoms with Crippen molar-refractivity contribution >= 4 is 25.0 Å². The number of aliphatic hydroxyl groups is 1. The van der Waals surface area contributed by atoms with Gasteiger partial charge in [0.1, 0.15) is 17.5 Å². The maximum atomic E-state index is 14.6. The van der Waals surface area contributed by atoms with E-state index in [9.17, 15) is 23.2 Å². The molecule has 9 nitrogen and oxygen atoms in total. The molecule has 1 saturated heterocycles. The number of halogens is 3. The first-order chi connectivity index (χ1) is 12.1. The van der Waals surface area contributed by atoms with Gasteiger partial charge in [0.15, 0.2) is 12.4 Å². The summed E-state index contributed by atoms with van der Waals surface area (Å²) in [6.07, 6.45) is -4.19. The maximum absolute atomic E-state index is 14.6. The van der Waals surface area contributed by atoms with Gasteiger partial charge in [-0.1, -0.05) is 0 Å². The standard InChI is InChI=1S/C13H17ClF2N3O6P/c1-23-26(22,24-2)7(15)5-13(6-14)10(20)9(16)11(25-13)19-4-3-8(17)18-12(19)21/h3-5,9-11,20H,6H2,1-2H3,(H2,17,18,21)/b7-5-/t9-,10+,11?,13+/m1/s1. The molecule has 146 valence electrons. The number of aromatic nitrogens is 2. The smallest absolute Gasteiger partial charge is 0.386 e. The highest BCUT2D eigenvalue weighted by atomic mass is 35.5. The number of nitrogen functional groups attached to an aromatic ring is 1. The van der Waals surface area contributed by atoms with Crippen LogP contribution in [-0.4, -0.2) is 52.6 Å². The summed E-state index contributed by atoms with van der Waals surface area (Å²) < 4.78 is 56.1. The molecular weight excluding hydrogens is 399 g/mol. The fourth-order valence-corrected chi connectivity index (χ4v) is 3.59. The van der Waals surface area contributed by atoms with Crippen molar-refractivity contribution < 1.29 is 32.2 Å². The largest absolute Gasteiger partial charge is 0.388 e. The van der Waals surface area contributed by atoms with Crippen molar-refractivity contribution in [2.75, 3.05) is 25.8 Å². The SMILES string of the molecule is COP(=O)(OC)/C(F)=C\[C@@]1(CCl)OC(n2ccc(N)nc2=O)[C@H](F)[C@@H]1O. The van der Waals surface area contributed by atoms with Crippen LogP contribution in [0.25, 0.3) is 0 Å². The van der Waals surface area contributed by atoms with Gasteiger partial charge in [0.05, 0.1) is 5.88 Å². The van der Waals surface area contributed by atoms with Gasteiger partial charge in [-0.3, -0.25) is 9.13 Å². The van der Waals surface area contributed by atoms with E-state index >= 15 is 0 Å². The Balaban J connectivity index is 2.48. The molecule has 0 amide bonds. The second kappa shape index (κ2) is 7.71. The molecule has 2 rings (SSSR count). The molecular formula is C13H17ClF2N3O6P. The Hall–Kier alpha value is -1.36. The van der Waals surface area contributed by atoms with E-state index in [2.05, 4.69) is 14.0 Å². The van der Waals surface area contributed by atoms with Crippen LogP contribution in [0.5, 0.6) is 0 Å². The maximum Gasteiger partial charge on any atom is 0.388 e. The average molecular weight is 416 g/mol. The van der Waals surface area contributed by atoms with Gasteiger partial charge in [0.25, 0.3) is 0 Å². The van der Waals surface area contributed by atoms with E-state index < -0.39 is 48.8 Å². The Labute approximate surface area is 151 Å². The van der Waals surface area contributed by atoms with Gasteiger partial charge in [0, 0.05) is 20.4 Å². The summed E-state index contributed by atoms with van der Waals surface area (Å²) in [5, 5.41) is 10.2. The van der Waals surface area contributed by atoms with Crippen molar-refractivity contribution in [3.8, 4) is 0 Å². The molecule has 1 aliphatic rings. The summed E-state index contributed by atoms with van der Waals surface area (Å²) in [4.78, 5) is 15.3. The second-order valence-corrected chi connectivity index (χ2v) is 7.78. The molecule has 0 bridgehead atoms. The molecule has 2 heterocycles. The zero-order chi connectivity index (χ0) is 19.7. The summed E-state index contributed by atoms with van der Waals surface area (Å²) in [5.41, 5.74) is 0.851. The van der Waals surface area contributed by atoms with Gasteiger partial charge in [-0.15, -0.1) is 11.6 Å². The zero-order valence-electron chi connectivity index (χ0n) is 13.7. The fraction of sp³-hybridized carbons (Fsp3) is 0.538. The summed E-state index contributed by atoms with van der Waals surface area (Å²) in [6.45, 7) is 0. The lowest BCUT2D eigenvalue weighted by molar-refractivity contribution is -0.0616.